The van der Waals surface area contributed by atoms with Gasteiger partial charge in [0.15, 0.2) is 23.0 Å². The number of hydrogen-bond donors (Lipinski definition) is 1. The molecule has 0 aliphatic carbocycles. The Hall–Kier alpha value is -4.92. The van der Waals surface area contributed by atoms with E-state index in [1.165, 1.54) is 40.6 Å². The molecule has 9 nitrogen and oxygen atoms in total. The van der Waals surface area contributed by atoms with Crippen molar-refractivity contribution in [3.8, 4) is 34.5 Å². The molecule has 0 fully saturated rings. The van der Waals surface area contributed by atoms with E-state index in [4.69, 9.17) is 28.4 Å². The lowest BCUT2D eigenvalue weighted by Gasteiger charge is -2.12. The predicted molar refractivity (Wildman–Crippen MR) is 146 cm³/mol. The average Bonchev–Trinajstić information content (AvgIpc) is 2.95. The van der Waals surface area contributed by atoms with Gasteiger partial charge in [0, 0.05) is 24.1 Å². The van der Waals surface area contributed by atoms with Crippen LogP contribution in [0, 0.1) is 0 Å². The lowest BCUT2D eigenvalue weighted by molar-refractivity contribution is -0.132. The number of carbonyl (C=O) groups excluding carboxylic acids is 1. The molecule has 39 heavy (non-hydrogen) atoms. The number of carboxylic acids is 1. The van der Waals surface area contributed by atoms with E-state index in [0.717, 1.165) is 5.56 Å². The second-order valence-electron chi connectivity index (χ2n) is 8.11. The van der Waals surface area contributed by atoms with Crippen LogP contribution < -0.4 is 28.4 Å². The quantitative estimate of drug-likeness (QED) is 0.194. The van der Waals surface area contributed by atoms with Gasteiger partial charge in [0.25, 0.3) is 0 Å². The van der Waals surface area contributed by atoms with Crippen molar-refractivity contribution in [2.75, 3.05) is 35.5 Å². The summed E-state index contributed by atoms with van der Waals surface area (Å²) in [6.45, 7) is 0. The largest absolute Gasteiger partial charge is 0.496 e. The van der Waals surface area contributed by atoms with Crippen molar-refractivity contribution in [2.24, 2.45) is 0 Å². The highest BCUT2D eigenvalue weighted by atomic mass is 16.5. The van der Waals surface area contributed by atoms with Gasteiger partial charge in [-0.3, -0.25) is 0 Å². The second kappa shape index (κ2) is 13.6. The molecule has 0 heterocycles. The zero-order valence-electron chi connectivity index (χ0n) is 22.3. The van der Waals surface area contributed by atoms with Crippen molar-refractivity contribution in [1.29, 1.82) is 0 Å². The third-order valence-electron chi connectivity index (χ3n) is 5.70. The molecule has 3 rings (SSSR count). The van der Waals surface area contributed by atoms with Crippen molar-refractivity contribution in [1.82, 2.24) is 0 Å². The van der Waals surface area contributed by atoms with Gasteiger partial charge in [0.2, 0.25) is 0 Å². The van der Waals surface area contributed by atoms with Gasteiger partial charge in [-0.1, -0.05) is 18.2 Å². The van der Waals surface area contributed by atoms with E-state index >= 15 is 0 Å². The number of carbonyl (C=O) groups is 2. The van der Waals surface area contributed by atoms with Crippen LogP contribution >= 0.6 is 0 Å². The van der Waals surface area contributed by atoms with Crippen LogP contribution in [0.3, 0.4) is 0 Å². The number of ether oxygens (including phenoxy) is 6. The Morgan fingerprint density at radius 1 is 0.692 bits per heavy atom. The molecular formula is C30H30O9. The Bertz CT molecular complexity index is 1390. The minimum atomic E-state index is -1.08. The van der Waals surface area contributed by atoms with Crippen molar-refractivity contribution < 1.29 is 43.1 Å². The fourth-order valence-electron chi connectivity index (χ4n) is 3.74. The SMILES string of the molecule is COc1cc(OC(=O)/C=C/c2ccc(OC)c(OC)c2)ccc1C/C(=C\c1ccc(OC)c(OC)c1)C(=O)O. The summed E-state index contributed by atoms with van der Waals surface area (Å²) in [6.07, 6.45) is 4.50. The third kappa shape index (κ3) is 7.54. The molecular weight excluding hydrogens is 504 g/mol. The molecule has 9 heteroatoms. The summed E-state index contributed by atoms with van der Waals surface area (Å²) in [6, 6.07) is 15.1. The molecule has 0 aliphatic heterocycles. The van der Waals surface area contributed by atoms with E-state index in [-0.39, 0.29) is 17.7 Å². The maximum absolute atomic E-state index is 12.4. The van der Waals surface area contributed by atoms with E-state index in [9.17, 15) is 14.7 Å². The molecule has 0 spiro atoms. The standard InChI is InChI=1S/C30H30O9/c1-34-24-11-6-19(15-27(24)37-4)8-13-29(31)39-23-10-9-21(26(18-23)36-3)17-22(30(32)33)14-20-7-12-25(35-2)28(16-20)38-5/h6-16,18H,17H2,1-5H3,(H,32,33)/b13-8+,22-14+. The van der Waals surface area contributed by atoms with Gasteiger partial charge in [-0.05, 0) is 59.2 Å². The highest BCUT2D eigenvalue weighted by Crippen LogP contribution is 2.31. The molecule has 0 aliphatic rings. The number of benzene rings is 3. The Kier molecular flexibility index (Phi) is 9.97. The monoisotopic (exact) mass is 534 g/mol. The first-order chi connectivity index (χ1) is 18.8. The third-order valence-corrected chi connectivity index (χ3v) is 5.70. The minimum Gasteiger partial charge on any atom is -0.496 e. The first-order valence-corrected chi connectivity index (χ1v) is 11.8. The van der Waals surface area contributed by atoms with Crippen LogP contribution in [0.25, 0.3) is 12.2 Å². The highest BCUT2D eigenvalue weighted by Gasteiger charge is 2.15. The molecule has 0 unspecified atom stereocenters. The number of rotatable bonds is 12. The van der Waals surface area contributed by atoms with Crippen LogP contribution in [0.15, 0.2) is 66.2 Å². The smallest absolute Gasteiger partial charge is 0.336 e. The van der Waals surface area contributed by atoms with Gasteiger partial charge in [-0.2, -0.15) is 0 Å². The minimum absolute atomic E-state index is 0.0697. The van der Waals surface area contributed by atoms with Crippen LogP contribution in [0.1, 0.15) is 16.7 Å². The highest BCUT2D eigenvalue weighted by molar-refractivity contribution is 5.93. The number of hydrogen-bond acceptors (Lipinski definition) is 8. The Morgan fingerprint density at radius 2 is 1.26 bits per heavy atom. The van der Waals surface area contributed by atoms with Gasteiger partial charge in [-0.25, -0.2) is 9.59 Å². The summed E-state index contributed by atoms with van der Waals surface area (Å²) in [5, 5.41) is 9.82. The van der Waals surface area contributed by atoms with Crippen molar-refractivity contribution in [2.45, 2.75) is 6.42 Å². The Morgan fingerprint density at radius 3 is 1.82 bits per heavy atom. The summed E-state index contributed by atoms with van der Waals surface area (Å²) in [5.41, 5.74) is 2.09. The summed E-state index contributed by atoms with van der Waals surface area (Å²) in [5.74, 6) is 1.09. The lowest BCUT2D eigenvalue weighted by Crippen LogP contribution is -2.07. The van der Waals surface area contributed by atoms with Crippen LogP contribution in [0.2, 0.25) is 0 Å². The summed E-state index contributed by atoms with van der Waals surface area (Å²) >= 11 is 0. The molecule has 0 saturated heterocycles. The molecule has 0 atom stereocenters. The first kappa shape index (κ1) is 28.6. The van der Waals surface area contributed by atoms with Crippen LogP contribution in [-0.4, -0.2) is 52.6 Å². The molecule has 204 valence electrons. The van der Waals surface area contributed by atoms with Crippen LogP contribution in [0.5, 0.6) is 34.5 Å². The molecule has 0 radical (unpaired) electrons. The maximum atomic E-state index is 12.4. The second-order valence-corrected chi connectivity index (χ2v) is 8.11. The van der Waals surface area contributed by atoms with E-state index in [1.54, 1.807) is 67.8 Å². The van der Waals surface area contributed by atoms with E-state index < -0.39 is 11.9 Å². The molecule has 0 bridgehead atoms. The first-order valence-electron chi connectivity index (χ1n) is 11.8. The zero-order chi connectivity index (χ0) is 28.4. The zero-order valence-corrected chi connectivity index (χ0v) is 22.3. The number of carboxylic acid groups (broad SMARTS) is 1. The van der Waals surface area contributed by atoms with Crippen molar-refractivity contribution in [3.63, 3.8) is 0 Å². The number of aliphatic carboxylic acids is 1. The summed E-state index contributed by atoms with van der Waals surface area (Å²) in [4.78, 5) is 24.4. The average molecular weight is 535 g/mol. The van der Waals surface area contributed by atoms with Gasteiger partial charge < -0.3 is 33.5 Å². The van der Waals surface area contributed by atoms with Crippen LogP contribution in [0.4, 0.5) is 0 Å². The predicted octanol–water partition coefficient (Wildman–Crippen LogP) is 5.06. The Labute approximate surface area is 226 Å². The van der Waals surface area contributed by atoms with E-state index in [0.29, 0.717) is 39.9 Å². The lowest BCUT2D eigenvalue weighted by atomic mass is 10.0. The maximum Gasteiger partial charge on any atom is 0.336 e. The fraction of sp³-hybridized carbons (Fsp3) is 0.200. The normalized spacial score (nSPS) is 11.2. The molecule has 0 aromatic heterocycles. The van der Waals surface area contributed by atoms with E-state index in [2.05, 4.69) is 0 Å². The number of esters is 1. The van der Waals surface area contributed by atoms with Gasteiger partial charge >= 0.3 is 11.9 Å². The molecule has 0 saturated carbocycles. The topological polar surface area (TPSA) is 110 Å². The van der Waals surface area contributed by atoms with E-state index in [1.807, 2.05) is 0 Å². The fourth-order valence-corrected chi connectivity index (χ4v) is 3.74. The van der Waals surface area contributed by atoms with Crippen molar-refractivity contribution in [3.05, 3.63) is 82.9 Å². The van der Waals surface area contributed by atoms with Crippen molar-refractivity contribution >= 4 is 24.1 Å². The summed E-state index contributed by atoms with van der Waals surface area (Å²) in [7, 11) is 7.57. The van der Waals surface area contributed by atoms with Gasteiger partial charge in [0.05, 0.1) is 35.5 Å². The molecule has 3 aromatic rings. The Balaban J connectivity index is 1.76. The summed E-state index contributed by atoms with van der Waals surface area (Å²) < 4.78 is 31.9. The molecule has 3 aromatic carbocycles. The van der Waals surface area contributed by atoms with Crippen LogP contribution in [-0.2, 0) is 16.0 Å². The number of methoxy groups -OCH3 is 5. The van der Waals surface area contributed by atoms with Gasteiger partial charge in [-0.15, -0.1) is 0 Å². The molecule has 0 amide bonds. The molecule has 1 N–H and O–H groups in total. The van der Waals surface area contributed by atoms with Gasteiger partial charge in [0.1, 0.15) is 11.5 Å².